The van der Waals surface area contributed by atoms with Crippen LogP contribution in [0.15, 0.2) is 0 Å². The highest BCUT2D eigenvalue weighted by molar-refractivity contribution is 5.73. The Morgan fingerprint density at radius 1 is 1.05 bits per heavy atom. The minimum atomic E-state index is -0.178. The monoisotopic (exact) mass is 269 g/mol. The molecule has 0 aromatic carbocycles. The van der Waals surface area contributed by atoms with E-state index in [4.69, 9.17) is 0 Å². The third kappa shape index (κ3) is 4.08. The maximum atomic E-state index is 12.0. The largest absolute Gasteiger partial charge is 0.393 e. The van der Waals surface area contributed by atoms with Crippen molar-refractivity contribution in [1.29, 1.82) is 0 Å². The molecule has 2 atom stereocenters. The maximum Gasteiger partial charge on any atom is 0.329 e. The van der Waals surface area contributed by atoms with Gasteiger partial charge in [-0.3, -0.25) is 5.43 Å². The molecule has 0 unspecified atom stereocenters. The topological polar surface area (TPSA) is 64.6 Å². The third-order valence-electron chi connectivity index (χ3n) is 4.46. The van der Waals surface area contributed by atoms with Crippen molar-refractivity contribution < 1.29 is 9.90 Å². The van der Waals surface area contributed by atoms with Gasteiger partial charge in [0.25, 0.3) is 0 Å². The van der Waals surface area contributed by atoms with E-state index in [2.05, 4.69) is 29.6 Å². The van der Waals surface area contributed by atoms with E-state index in [1.165, 1.54) is 6.42 Å². The van der Waals surface area contributed by atoms with Crippen molar-refractivity contribution in [3.63, 3.8) is 0 Å². The lowest BCUT2D eigenvalue weighted by molar-refractivity contribution is 0.0573. The Bertz CT molecular complexity index is 293. The Balaban J connectivity index is 1.77. The summed E-state index contributed by atoms with van der Waals surface area (Å²) in [4.78, 5) is 12.0. The van der Waals surface area contributed by atoms with E-state index >= 15 is 0 Å². The van der Waals surface area contributed by atoms with Gasteiger partial charge < -0.3 is 10.4 Å². The number of amides is 2. The molecule has 1 heterocycles. The van der Waals surface area contributed by atoms with Gasteiger partial charge in [-0.25, -0.2) is 9.80 Å². The van der Waals surface area contributed by atoms with Gasteiger partial charge in [-0.2, -0.15) is 0 Å². The summed E-state index contributed by atoms with van der Waals surface area (Å²) >= 11 is 0. The Labute approximate surface area is 115 Å². The first-order valence-electron chi connectivity index (χ1n) is 7.60. The van der Waals surface area contributed by atoms with Crippen LogP contribution in [0.2, 0.25) is 0 Å². The minimum absolute atomic E-state index is 0.0954. The molecule has 1 aliphatic heterocycles. The van der Waals surface area contributed by atoms with Crippen molar-refractivity contribution >= 4 is 6.03 Å². The normalized spacial score (nSPS) is 36.8. The standard InChI is InChI=1S/C14H27N3O2/c1-10-4-3-5-11(2)17(10)16-14(19)15-12-6-8-13(18)9-7-12/h10-13,18H,3-9H2,1-2H3,(H2,15,16,19)/t10-,11+,12?,13?. The van der Waals surface area contributed by atoms with Crippen LogP contribution in [0.5, 0.6) is 0 Å². The van der Waals surface area contributed by atoms with Gasteiger partial charge in [0, 0.05) is 18.1 Å². The second-order valence-corrected chi connectivity index (χ2v) is 6.13. The summed E-state index contributed by atoms with van der Waals surface area (Å²) in [5, 5.41) is 14.6. The van der Waals surface area contributed by atoms with Crippen LogP contribution >= 0.6 is 0 Å². The molecule has 3 N–H and O–H groups in total. The highest BCUT2D eigenvalue weighted by Gasteiger charge is 2.27. The van der Waals surface area contributed by atoms with Gasteiger partial charge in [0.05, 0.1) is 6.10 Å². The van der Waals surface area contributed by atoms with E-state index in [-0.39, 0.29) is 18.2 Å². The van der Waals surface area contributed by atoms with Gasteiger partial charge in [-0.05, 0) is 52.4 Å². The number of hydrogen-bond acceptors (Lipinski definition) is 3. The lowest BCUT2D eigenvalue weighted by Gasteiger charge is -2.39. The number of aliphatic hydroxyl groups is 1. The van der Waals surface area contributed by atoms with E-state index in [0.29, 0.717) is 12.1 Å². The molecule has 2 rings (SSSR count). The van der Waals surface area contributed by atoms with Gasteiger partial charge in [0.2, 0.25) is 0 Å². The molecule has 2 amide bonds. The molecule has 1 saturated carbocycles. The first-order chi connectivity index (χ1) is 9.06. The molecule has 19 heavy (non-hydrogen) atoms. The molecule has 1 saturated heterocycles. The number of hydrogen-bond donors (Lipinski definition) is 3. The predicted octanol–water partition coefficient (Wildman–Crippen LogP) is 1.77. The number of rotatable bonds is 2. The van der Waals surface area contributed by atoms with Crippen molar-refractivity contribution in [2.75, 3.05) is 0 Å². The second-order valence-electron chi connectivity index (χ2n) is 6.13. The molecule has 1 aliphatic carbocycles. The van der Waals surface area contributed by atoms with Crippen molar-refractivity contribution in [3.8, 4) is 0 Å². The molecule has 0 radical (unpaired) electrons. The van der Waals surface area contributed by atoms with Crippen molar-refractivity contribution in [1.82, 2.24) is 15.8 Å². The Kier molecular flexibility index (Phi) is 5.05. The fourth-order valence-corrected chi connectivity index (χ4v) is 3.20. The quantitative estimate of drug-likeness (QED) is 0.716. The van der Waals surface area contributed by atoms with Gasteiger partial charge in [-0.15, -0.1) is 0 Å². The summed E-state index contributed by atoms with van der Waals surface area (Å²) < 4.78 is 0. The zero-order valence-electron chi connectivity index (χ0n) is 12.1. The number of nitrogens with zero attached hydrogens (tertiary/aromatic N) is 1. The first kappa shape index (κ1) is 14.6. The summed E-state index contributed by atoms with van der Waals surface area (Å²) in [6.07, 6.45) is 6.68. The summed E-state index contributed by atoms with van der Waals surface area (Å²) in [7, 11) is 0. The number of nitrogens with one attached hydrogen (secondary N) is 2. The number of carbonyl (C=O) groups is 1. The van der Waals surface area contributed by atoms with E-state index in [1.54, 1.807) is 0 Å². The zero-order chi connectivity index (χ0) is 13.8. The fourth-order valence-electron chi connectivity index (χ4n) is 3.20. The molecule has 0 aromatic heterocycles. The van der Waals surface area contributed by atoms with Gasteiger partial charge in [0.15, 0.2) is 0 Å². The molecule has 110 valence electrons. The lowest BCUT2D eigenvalue weighted by atomic mass is 9.93. The molecule has 5 heteroatoms. The minimum Gasteiger partial charge on any atom is -0.393 e. The van der Waals surface area contributed by atoms with Gasteiger partial charge >= 0.3 is 6.03 Å². The van der Waals surface area contributed by atoms with E-state index in [0.717, 1.165) is 38.5 Å². The average Bonchev–Trinajstić information content (AvgIpc) is 2.37. The summed E-state index contributed by atoms with van der Waals surface area (Å²) in [5.74, 6) is 0. The van der Waals surface area contributed by atoms with Gasteiger partial charge in [0.1, 0.15) is 0 Å². The molecule has 0 aromatic rings. The molecule has 2 fully saturated rings. The summed E-state index contributed by atoms with van der Waals surface area (Å²) in [6.45, 7) is 4.32. The first-order valence-corrected chi connectivity index (χ1v) is 7.60. The third-order valence-corrected chi connectivity index (χ3v) is 4.46. The smallest absolute Gasteiger partial charge is 0.329 e. The van der Waals surface area contributed by atoms with Crippen LogP contribution in [-0.2, 0) is 0 Å². The molecule has 5 nitrogen and oxygen atoms in total. The SMILES string of the molecule is C[C@@H]1CCC[C@H](C)N1NC(=O)NC1CCC(O)CC1. The maximum absolute atomic E-state index is 12.0. The zero-order valence-corrected chi connectivity index (χ0v) is 12.1. The summed E-state index contributed by atoms with van der Waals surface area (Å²) in [6, 6.07) is 0.922. The van der Waals surface area contributed by atoms with E-state index in [1.807, 2.05) is 0 Å². The lowest BCUT2D eigenvalue weighted by Crippen LogP contribution is -2.57. The van der Waals surface area contributed by atoms with Crippen LogP contribution < -0.4 is 10.7 Å². The molecule has 2 aliphatic rings. The Morgan fingerprint density at radius 2 is 1.63 bits per heavy atom. The van der Waals surface area contributed by atoms with Crippen LogP contribution in [0.25, 0.3) is 0 Å². The Hall–Kier alpha value is -0.810. The molecular formula is C14H27N3O2. The number of piperidine rings is 1. The van der Waals surface area contributed by atoms with Crippen LogP contribution in [0, 0.1) is 0 Å². The average molecular weight is 269 g/mol. The van der Waals surface area contributed by atoms with E-state index in [9.17, 15) is 9.90 Å². The Morgan fingerprint density at radius 3 is 2.21 bits per heavy atom. The highest BCUT2D eigenvalue weighted by atomic mass is 16.3. The van der Waals surface area contributed by atoms with Gasteiger partial charge in [-0.1, -0.05) is 6.42 Å². The van der Waals surface area contributed by atoms with Crippen LogP contribution in [0.1, 0.15) is 58.8 Å². The molecule has 0 spiro atoms. The highest BCUT2D eigenvalue weighted by Crippen LogP contribution is 2.21. The predicted molar refractivity (Wildman–Crippen MR) is 74.5 cm³/mol. The number of carbonyl (C=O) groups excluding carboxylic acids is 1. The number of urea groups is 1. The van der Waals surface area contributed by atoms with Crippen LogP contribution in [-0.4, -0.2) is 40.4 Å². The van der Waals surface area contributed by atoms with Crippen molar-refractivity contribution in [2.45, 2.75) is 83.0 Å². The summed E-state index contributed by atoms with van der Waals surface area (Å²) in [5.41, 5.74) is 3.00. The van der Waals surface area contributed by atoms with Crippen LogP contribution in [0.3, 0.4) is 0 Å². The number of hydrazine groups is 1. The molecule has 0 bridgehead atoms. The number of aliphatic hydroxyl groups excluding tert-OH is 1. The van der Waals surface area contributed by atoms with Crippen LogP contribution in [0.4, 0.5) is 4.79 Å². The molecular weight excluding hydrogens is 242 g/mol. The second kappa shape index (κ2) is 6.57. The van der Waals surface area contributed by atoms with Crippen molar-refractivity contribution in [2.24, 2.45) is 0 Å². The fraction of sp³-hybridized carbons (Fsp3) is 0.929. The van der Waals surface area contributed by atoms with Crippen molar-refractivity contribution in [3.05, 3.63) is 0 Å². The van der Waals surface area contributed by atoms with E-state index < -0.39 is 0 Å².